The molecule has 1 aliphatic rings. The zero-order valence-corrected chi connectivity index (χ0v) is 8.30. The Kier molecular flexibility index (Phi) is 2.92. The molecule has 1 aliphatic carbocycles. The van der Waals surface area contributed by atoms with Gasteiger partial charge >= 0.3 is 0 Å². The first-order valence-electron chi connectivity index (χ1n) is 4.14. The van der Waals surface area contributed by atoms with Gasteiger partial charge in [0.1, 0.15) is 0 Å². The third-order valence-corrected chi connectivity index (χ3v) is 2.55. The number of rotatable bonds is 4. The minimum atomic E-state index is -3.43. The van der Waals surface area contributed by atoms with Crippen molar-refractivity contribution in [3.05, 3.63) is 0 Å². The maximum Gasteiger partial charge on any atom is 0.234 e. The van der Waals surface area contributed by atoms with Gasteiger partial charge in [-0.3, -0.25) is 9.52 Å². The number of nitrogens with one attached hydrogen (secondary N) is 1. The number of amides is 1. The fourth-order valence-electron chi connectivity index (χ4n) is 1.15. The van der Waals surface area contributed by atoms with Crippen LogP contribution in [0.4, 0.5) is 0 Å². The quantitative estimate of drug-likeness (QED) is 0.629. The Morgan fingerprint density at radius 2 is 2.15 bits per heavy atom. The highest BCUT2D eigenvalue weighted by molar-refractivity contribution is 7.89. The van der Waals surface area contributed by atoms with Crippen molar-refractivity contribution in [2.24, 2.45) is 11.7 Å². The van der Waals surface area contributed by atoms with E-state index in [1.165, 1.54) is 0 Å². The van der Waals surface area contributed by atoms with E-state index in [4.69, 9.17) is 5.73 Å². The predicted octanol–water partition coefficient (Wildman–Crippen LogP) is -0.810. The second-order valence-corrected chi connectivity index (χ2v) is 5.25. The number of hydrogen-bond donors (Lipinski definition) is 2. The van der Waals surface area contributed by atoms with Crippen molar-refractivity contribution in [1.29, 1.82) is 0 Å². The second-order valence-electron chi connectivity index (χ2n) is 3.50. The molecule has 76 valence electrons. The molecular weight excluding hydrogens is 192 g/mol. The van der Waals surface area contributed by atoms with Crippen LogP contribution < -0.4 is 10.5 Å². The minimum Gasteiger partial charge on any atom is -0.327 e. The van der Waals surface area contributed by atoms with E-state index in [2.05, 4.69) is 0 Å². The summed E-state index contributed by atoms with van der Waals surface area (Å²) in [6, 6.07) is -0.193. The zero-order chi connectivity index (χ0) is 10.1. The van der Waals surface area contributed by atoms with E-state index >= 15 is 0 Å². The lowest BCUT2D eigenvalue weighted by Crippen LogP contribution is -2.35. The lowest BCUT2D eigenvalue weighted by molar-refractivity contribution is -0.119. The summed E-state index contributed by atoms with van der Waals surface area (Å²) < 4.78 is 23.2. The lowest BCUT2D eigenvalue weighted by Gasteiger charge is -2.08. The molecule has 1 amide bonds. The van der Waals surface area contributed by atoms with E-state index in [9.17, 15) is 13.2 Å². The fraction of sp³-hybridized carbons (Fsp3) is 0.857. The molecule has 1 unspecified atom stereocenters. The summed E-state index contributed by atoms with van der Waals surface area (Å²) in [5.41, 5.74) is 5.64. The smallest absolute Gasteiger partial charge is 0.234 e. The number of carbonyl (C=O) groups is 1. The summed E-state index contributed by atoms with van der Waals surface area (Å²) in [4.78, 5) is 11.0. The average Bonchev–Trinajstić information content (AvgIpc) is 2.60. The highest BCUT2D eigenvalue weighted by Crippen LogP contribution is 2.32. The molecule has 6 heteroatoms. The van der Waals surface area contributed by atoms with Crippen molar-refractivity contribution in [3.8, 4) is 0 Å². The Morgan fingerprint density at radius 3 is 2.54 bits per heavy atom. The van der Waals surface area contributed by atoms with Crippen molar-refractivity contribution < 1.29 is 13.2 Å². The van der Waals surface area contributed by atoms with E-state index < -0.39 is 15.9 Å². The van der Waals surface area contributed by atoms with Crippen LogP contribution in [0.3, 0.4) is 0 Å². The van der Waals surface area contributed by atoms with Crippen molar-refractivity contribution in [2.75, 3.05) is 6.26 Å². The fourth-order valence-corrected chi connectivity index (χ4v) is 1.65. The van der Waals surface area contributed by atoms with Crippen molar-refractivity contribution in [1.82, 2.24) is 4.72 Å². The van der Waals surface area contributed by atoms with Gasteiger partial charge in [-0.25, -0.2) is 8.42 Å². The Labute approximate surface area is 77.7 Å². The van der Waals surface area contributed by atoms with Gasteiger partial charge in [-0.1, -0.05) is 0 Å². The number of hydrogen-bond acceptors (Lipinski definition) is 4. The van der Waals surface area contributed by atoms with E-state index in [1.54, 1.807) is 0 Å². The molecule has 0 aromatic heterocycles. The topological polar surface area (TPSA) is 89.3 Å². The molecule has 0 bridgehead atoms. The maximum absolute atomic E-state index is 11.0. The van der Waals surface area contributed by atoms with Crippen LogP contribution >= 0.6 is 0 Å². The van der Waals surface area contributed by atoms with Crippen molar-refractivity contribution in [2.45, 2.75) is 25.3 Å². The van der Waals surface area contributed by atoms with Crippen LogP contribution in [0.15, 0.2) is 0 Å². The summed E-state index contributed by atoms with van der Waals surface area (Å²) in [5.74, 6) is -0.104. The largest absolute Gasteiger partial charge is 0.327 e. The summed E-state index contributed by atoms with van der Waals surface area (Å²) in [6.45, 7) is 0. The van der Waals surface area contributed by atoms with Crippen molar-refractivity contribution in [3.63, 3.8) is 0 Å². The monoisotopic (exact) mass is 206 g/mol. The van der Waals surface area contributed by atoms with Crippen LogP contribution in [-0.4, -0.2) is 26.6 Å². The third kappa shape index (κ3) is 4.23. The van der Waals surface area contributed by atoms with Gasteiger partial charge in [-0.05, 0) is 18.8 Å². The van der Waals surface area contributed by atoms with Gasteiger partial charge < -0.3 is 5.73 Å². The van der Waals surface area contributed by atoms with Gasteiger partial charge in [0.05, 0.1) is 6.26 Å². The molecule has 1 atom stereocenters. The molecule has 0 aromatic carbocycles. The molecular formula is C7H14N2O3S. The Balaban J connectivity index is 2.32. The van der Waals surface area contributed by atoms with Crippen LogP contribution in [0.5, 0.6) is 0 Å². The molecule has 0 aliphatic heterocycles. The van der Waals surface area contributed by atoms with Crippen LogP contribution in [-0.2, 0) is 14.8 Å². The SMILES string of the molecule is CS(=O)(=O)NC(=O)CC(N)C1CC1. The number of sulfonamides is 1. The highest BCUT2D eigenvalue weighted by Gasteiger charge is 2.30. The summed E-state index contributed by atoms with van der Waals surface area (Å²) in [6.07, 6.45) is 3.14. The molecule has 0 saturated heterocycles. The van der Waals surface area contributed by atoms with E-state index in [0.717, 1.165) is 19.1 Å². The first-order chi connectivity index (χ1) is 5.88. The number of nitrogens with two attached hydrogens (primary N) is 1. The van der Waals surface area contributed by atoms with Gasteiger partial charge in [0.15, 0.2) is 0 Å². The summed E-state index contributed by atoms with van der Waals surface area (Å²) in [5, 5.41) is 0. The van der Waals surface area contributed by atoms with E-state index in [0.29, 0.717) is 5.92 Å². The van der Waals surface area contributed by atoms with Gasteiger partial charge in [0.25, 0.3) is 0 Å². The molecule has 0 aromatic rings. The van der Waals surface area contributed by atoms with Gasteiger partial charge in [0.2, 0.25) is 15.9 Å². The second kappa shape index (κ2) is 3.63. The molecule has 3 N–H and O–H groups in total. The number of carbonyl (C=O) groups excluding carboxylic acids is 1. The maximum atomic E-state index is 11.0. The zero-order valence-electron chi connectivity index (χ0n) is 7.49. The molecule has 0 radical (unpaired) electrons. The van der Waals surface area contributed by atoms with Gasteiger partial charge in [-0.15, -0.1) is 0 Å². The van der Waals surface area contributed by atoms with Gasteiger partial charge in [0, 0.05) is 12.5 Å². The third-order valence-electron chi connectivity index (χ3n) is 1.95. The van der Waals surface area contributed by atoms with E-state index in [1.807, 2.05) is 4.72 Å². The minimum absolute atomic E-state index is 0.0950. The average molecular weight is 206 g/mol. The molecule has 1 saturated carbocycles. The van der Waals surface area contributed by atoms with Gasteiger partial charge in [-0.2, -0.15) is 0 Å². The molecule has 1 rings (SSSR count). The molecule has 0 spiro atoms. The molecule has 5 nitrogen and oxygen atoms in total. The Hall–Kier alpha value is -0.620. The lowest BCUT2D eigenvalue weighted by atomic mass is 10.1. The summed E-state index contributed by atoms with van der Waals surface area (Å²) in [7, 11) is -3.43. The summed E-state index contributed by atoms with van der Waals surface area (Å²) >= 11 is 0. The standard InChI is InChI=1S/C7H14N2O3S/c1-13(11,12)9-7(10)4-6(8)5-2-3-5/h5-6H,2-4,8H2,1H3,(H,9,10). The van der Waals surface area contributed by atoms with Crippen molar-refractivity contribution >= 4 is 15.9 Å². The normalized spacial score (nSPS) is 19.5. The molecule has 13 heavy (non-hydrogen) atoms. The Bertz CT molecular complexity index is 295. The Morgan fingerprint density at radius 1 is 1.62 bits per heavy atom. The highest BCUT2D eigenvalue weighted by atomic mass is 32.2. The molecule has 0 heterocycles. The van der Waals surface area contributed by atoms with Crippen LogP contribution in [0.25, 0.3) is 0 Å². The molecule has 1 fully saturated rings. The van der Waals surface area contributed by atoms with Crippen LogP contribution in [0.2, 0.25) is 0 Å². The van der Waals surface area contributed by atoms with Crippen LogP contribution in [0, 0.1) is 5.92 Å². The first-order valence-corrected chi connectivity index (χ1v) is 6.04. The predicted molar refractivity (Wildman–Crippen MR) is 48.3 cm³/mol. The van der Waals surface area contributed by atoms with E-state index in [-0.39, 0.29) is 12.5 Å². The van der Waals surface area contributed by atoms with Crippen LogP contribution in [0.1, 0.15) is 19.3 Å². The first kappa shape index (κ1) is 10.5.